The molecule has 0 saturated heterocycles. The molecule has 1 nitrogen and oxygen atoms in total. The van der Waals surface area contributed by atoms with Crippen LogP contribution in [0.4, 0.5) is 4.39 Å². The summed E-state index contributed by atoms with van der Waals surface area (Å²) in [5.41, 5.74) is 2.88. The van der Waals surface area contributed by atoms with Crippen LogP contribution >= 0.6 is 0 Å². The molecular weight excluding hydrogens is 261 g/mol. The zero-order valence-electron chi connectivity index (χ0n) is 13.6. The van der Waals surface area contributed by atoms with Gasteiger partial charge in [0.05, 0.1) is 0 Å². The molecule has 1 N–H and O–H groups in total. The van der Waals surface area contributed by atoms with Crippen LogP contribution in [-0.2, 0) is 0 Å². The zero-order valence-corrected chi connectivity index (χ0v) is 13.6. The highest BCUT2D eigenvalue weighted by Gasteiger charge is 2.43. The van der Waals surface area contributed by atoms with E-state index in [1.807, 2.05) is 13.8 Å². The van der Waals surface area contributed by atoms with Gasteiger partial charge in [0.15, 0.2) is 0 Å². The number of fused-ring (bicyclic) bond motifs is 2. The van der Waals surface area contributed by atoms with Crippen molar-refractivity contribution in [1.29, 1.82) is 0 Å². The van der Waals surface area contributed by atoms with Crippen LogP contribution in [0.25, 0.3) is 0 Å². The minimum Gasteiger partial charge on any atom is -0.310 e. The van der Waals surface area contributed by atoms with Gasteiger partial charge in [-0.15, -0.1) is 0 Å². The minimum atomic E-state index is -0.0408. The van der Waals surface area contributed by atoms with Crippen LogP contribution < -0.4 is 5.32 Å². The second-order valence-electron chi connectivity index (χ2n) is 7.24. The Balaban J connectivity index is 1.88. The van der Waals surface area contributed by atoms with Crippen molar-refractivity contribution in [2.75, 3.05) is 6.54 Å². The lowest BCUT2D eigenvalue weighted by Crippen LogP contribution is -2.32. The molecule has 2 bridgehead atoms. The normalized spacial score (nSPS) is 29.0. The Bertz CT molecular complexity index is 487. The lowest BCUT2D eigenvalue weighted by Gasteiger charge is -2.32. The molecule has 1 aromatic carbocycles. The van der Waals surface area contributed by atoms with Gasteiger partial charge >= 0.3 is 0 Å². The maximum Gasteiger partial charge on any atom is 0.129 e. The highest BCUT2D eigenvalue weighted by atomic mass is 19.1. The Kier molecular flexibility index (Phi) is 4.35. The summed E-state index contributed by atoms with van der Waals surface area (Å²) in [6, 6.07) is 4.56. The van der Waals surface area contributed by atoms with Gasteiger partial charge in [-0.1, -0.05) is 25.5 Å². The van der Waals surface area contributed by atoms with Gasteiger partial charge in [0.1, 0.15) is 5.82 Å². The first kappa shape index (κ1) is 15.0. The van der Waals surface area contributed by atoms with E-state index >= 15 is 0 Å². The van der Waals surface area contributed by atoms with E-state index < -0.39 is 0 Å². The van der Waals surface area contributed by atoms with Gasteiger partial charge in [0.2, 0.25) is 0 Å². The molecule has 2 aliphatic rings. The van der Waals surface area contributed by atoms with Crippen molar-refractivity contribution in [2.24, 2.45) is 17.8 Å². The molecule has 0 aromatic heterocycles. The monoisotopic (exact) mass is 289 g/mol. The molecule has 1 aromatic rings. The van der Waals surface area contributed by atoms with Crippen LogP contribution in [0.15, 0.2) is 12.1 Å². The summed E-state index contributed by atoms with van der Waals surface area (Å²) >= 11 is 0. The Morgan fingerprint density at radius 1 is 1.19 bits per heavy atom. The molecule has 0 aliphatic heterocycles. The summed E-state index contributed by atoms with van der Waals surface area (Å²) < 4.78 is 13.9. The highest BCUT2D eigenvalue weighted by molar-refractivity contribution is 5.33. The molecule has 2 saturated carbocycles. The van der Waals surface area contributed by atoms with Crippen molar-refractivity contribution in [3.05, 3.63) is 34.6 Å². The van der Waals surface area contributed by atoms with E-state index in [1.165, 1.54) is 31.2 Å². The van der Waals surface area contributed by atoms with E-state index in [0.717, 1.165) is 41.8 Å². The van der Waals surface area contributed by atoms with Crippen molar-refractivity contribution in [2.45, 2.75) is 58.9 Å². The first-order valence-electron chi connectivity index (χ1n) is 8.60. The number of hydrogen-bond acceptors (Lipinski definition) is 1. The van der Waals surface area contributed by atoms with Crippen LogP contribution in [-0.4, -0.2) is 6.54 Å². The Morgan fingerprint density at radius 3 is 2.43 bits per heavy atom. The van der Waals surface area contributed by atoms with Crippen LogP contribution in [0.2, 0.25) is 0 Å². The second-order valence-corrected chi connectivity index (χ2v) is 7.24. The van der Waals surface area contributed by atoms with Gasteiger partial charge in [-0.3, -0.25) is 0 Å². The Morgan fingerprint density at radius 2 is 1.90 bits per heavy atom. The van der Waals surface area contributed by atoms with Gasteiger partial charge < -0.3 is 5.32 Å². The van der Waals surface area contributed by atoms with Gasteiger partial charge in [0.25, 0.3) is 0 Å². The Hall–Kier alpha value is -0.890. The van der Waals surface area contributed by atoms with Crippen molar-refractivity contribution >= 4 is 0 Å². The number of rotatable bonds is 5. The van der Waals surface area contributed by atoms with Crippen LogP contribution in [0, 0.1) is 37.4 Å². The molecule has 2 heteroatoms. The van der Waals surface area contributed by atoms with Crippen molar-refractivity contribution in [1.82, 2.24) is 5.32 Å². The number of hydrogen-bond donors (Lipinski definition) is 1. The summed E-state index contributed by atoms with van der Waals surface area (Å²) in [5.74, 6) is 2.55. The molecule has 0 spiro atoms. The van der Waals surface area contributed by atoms with Gasteiger partial charge in [-0.05, 0) is 80.5 Å². The molecule has 4 unspecified atom stereocenters. The van der Waals surface area contributed by atoms with Crippen molar-refractivity contribution in [3.8, 4) is 0 Å². The largest absolute Gasteiger partial charge is 0.310 e. The average Bonchev–Trinajstić information content (AvgIpc) is 3.08. The number of benzene rings is 1. The quantitative estimate of drug-likeness (QED) is 0.811. The predicted octanol–water partition coefficient (Wildman–Crippen LogP) is 4.92. The molecule has 0 amide bonds. The van der Waals surface area contributed by atoms with E-state index in [4.69, 9.17) is 0 Å². The van der Waals surface area contributed by atoms with E-state index in [0.29, 0.717) is 6.04 Å². The molecule has 2 fully saturated rings. The molecule has 0 heterocycles. The molecule has 4 atom stereocenters. The van der Waals surface area contributed by atoms with Crippen molar-refractivity contribution in [3.63, 3.8) is 0 Å². The van der Waals surface area contributed by atoms with Gasteiger partial charge in [-0.2, -0.15) is 0 Å². The number of halogens is 1. The highest BCUT2D eigenvalue weighted by Crippen LogP contribution is 2.52. The first-order valence-corrected chi connectivity index (χ1v) is 8.60. The smallest absolute Gasteiger partial charge is 0.129 e. The molecule has 3 rings (SSSR count). The zero-order chi connectivity index (χ0) is 15.0. The maximum absolute atomic E-state index is 13.9. The third-order valence-electron chi connectivity index (χ3n) is 5.65. The van der Waals surface area contributed by atoms with Gasteiger partial charge in [0, 0.05) is 6.04 Å². The summed E-state index contributed by atoms with van der Waals surface area (Å²) in [4.78, 5) is 0. The molecular formula is C19H28FN. The standard InChI is InChI=1S/C19H28FN/c1-4-7-21-19(17-11-14-5-6-15(17)10-14)16-8-12(2)18(20)13(3)9-16/h8-9,14-15,17,19,21H,4-7,10-11H2,1-3H3. The van der Waals surface area contributed by atoms with E-state index in [9.17, 15) is 4.39 Å². The SMILES string of the molecule is CCCNC(c1cc(C)c(F)c(C)c1)C1CC2CCC1C2. The fourth-order valence-corrected chi connectivity index (χ4v) is 4.68. The third kappa shape index (κ3) is 2.88. The summed E-state index contributed by atoms with van der Waals surface area (Å²) in [5, 5.41) is 3.76. The van der Waals surface area contributed by atoms with E-state index in [2.05, 4.69) is 24.4 Å². The molecule has 116 valence electrons. The Labute approximate surface area is 128 Å². The second kappa shape index (κ2) is 6.08. The number of aryl methyl sites for hydroxylation is 2. The maximum atomic E-state index is 13.9. The van der Waals surface area contributed by atoms with Crippen molar-refractivity contribution < 1.29 is 4.39 Å². The molecule has 21 heavy (non-hydrogen) atoms. The lowest BCUT2D eigenvalue weighted by atomic mass is 9.80. The third-order valence-corrected chi connectivity index (χ3v) is 5.65. The van der Waals surface area contributed by atoms with Crippen LogP contribution in [0.5, 0.6) is 0 Å². The van der Waals surface area contributed by atoms with E-state index in [-0.39, 0.29) is 5.82 Å². The van der Waals surface area contributed by atoms with E-state index in [1.54, 1.807) is 0 Å². The topological polar surface area (TPSA) is 12.0 Å². The summed E-state index contributed by atoms with van der Waals surface area (Å²) in [6.07, 6.45) is 6.77. The average molecular weight is 289 g/mol. The van der Waals surface area contributed by atoms with Gasteiger partial charge in [-0.25, -0.2) is 4.39 Å². The summed E-state index contributed by atoms with van der Waals surface area (Å²) in [7, 11) is 0. The fraction of sp³-hybridized carbons (Fsp3) is 0.684. The van der Waals surface area contributed by atoms with Crippen LogP contribution in [0.1, 0.15) is 61.8 Å². The first-order chi connectivity index (χ1) is 10.1. The lowest BCUT2D eigenvalue weighted by molar-refractivity contribution is 0.250. The minimum absolute atomic E-state index is 0.0408. The molecule has 2 aliphatic carbocycles. The fourth-order valence-electron chi connectivity index (χ4n) is 4.68. The van der Waals surface area contributed by atoms with Crippen LogP contribution in [0.3, 0.4) is 0 Å². The summed E-state index contributed by atoms with van der Waals surface area (Å²) in [6.45, 7) is 7.05. The molecule has 0 radical (unpaired) electrons. The predicted molar refractivity (Wildman–Crippen MR) is 85.8 cm³/mol. The number of nitrogens with one attached hydrogen (secondary N) is 1.